The molecule has 2 rings (SSSR count). The highest BCUT2D eigenvalue weighted by Crippen LogP contribution is 2.26. The molecule has 22 heavy (non-hydrogen) atoms. The lowest BCUT2D eigenvalue weighted by atomic mass is 10.1. The van der Waals surface area contributed by atoms with Gasteiger partial charge in [-0.15, -0.1) is 0 Å². The van der Waals surface area contributed by atoms with Crippen molar-refractivity contribution in [3.8, 4) is 5.75 Å². The maximum Gasteiger partial charge on any atom is 0.265 e. The van der Waals surface area contributed by atoms with Crippen molar-refractivity contribution in [2.75, 3.05) is 5.32 Å². The van der Waals surface area contributed by atoms with Crippen LogP contribution < -0.4 is 10.1 Å². The van der Waals surface area contributed by atoms with Gasteiger partial charge in [-0.3, -0.25) is 4.79 Å². The molecule has 0 unspecified atom stereocenters. The number of hydrogen-bond donors (Lipinski definition) is 1. The van der Waals surface area contributed by atoms with Crippen molar-refractivity contribution in [1.29, 1.82) is 0 Å². The summed E-state index contributed by atoms with van der Waals surface area (Å²) in [5, 5.41) is 3.34. The quantitative estimate of drug-likeness (QED) is 0.796. The fourth-order valence-electron chi connectivity index (χ4n) is 1.90. The van der Waals surface area contributed by atoms with E-state index in [0.29, 0.717) is 10.7 Å². The monoisotopic (exact) mass is 381 g/mol. The summed E-state index contributed by atoms with van der Waals surface area (Å²) in [5.41, 5.74) is 2.72. The smallest absolute Gasteiger partial charge is 0.265 e. The number of benzene rings is 2. The van der Waals surface area contributed by atoms with Gasteiger partial charge in [-0.25, -0.2) is 0 Å². The van der Waals surface area contributed by atoms with Crippen molar-refractivity contribution >= 4 is 39.1 Å². The summed E-state index contributed by atoms with van der Waals surface area (Å²) in [6.07, 6.45) is -0.608. The second kappa shape index (κ2) is 7.16. The molecule has 5 heteroatoms. The lowest BCUT2D eigenvalue weighted by Gasteiger charge is -2.17. The first-order valence-corrected chi connectivity index (χ1v) is 8.03. The molecule has 0 spiro atoms. The molecule has 0 radical (unpaired) electrons. The van der Waals surface area contributed by atoms with E-state index in [4.69, 9.17) is 16.3 Å². The highest BCUT2D eigenvalue weighted by Gasteiger charge is 2.16. The van der Waals surface area contributed by atoms with E-state index in [1.165, 1.54) is 0 Å². The summed E-state index contributed by atoms with van der Waals surface area (Å²) < 4.78 is 6.54. The molecule has 0 heterocycles. The number of nitrogens with one attached hydrogen (secondary N) is 1. The zero-order valence-electron chi connectivity index (χ0n) is 12.6. The molecule has 2 aromatic carbocycles. The molecule has 0 bridgehead atoms. The Balaban J connectivity index is 2.05. The Morgan fingerprint density at radius 1 is 1.23 bits per heavy atom. The van der Waals surface area contributed by atoms with Crippen LogP contribution in [0.1, 0.15) is 18.1 Å². The van der Waals surface area contributed by atoms with E-state index in [1.807, 2.05) is 32.0 Å². The molecule has 0 saturated carbocycles. The molecule has 116 valence electrons. The number of rotatable bonds is 4. The first kappa shape index (κ1) is 16.8. The highest BCUT2D eigenvalue weighted by molar-refractivity contribution is 9.10. The minimum Gasteiger partial charge on any atom is -0.481 e. The van der Waals surface area contributed by atoms with Gasteiger partial charge in [0, 0.05) is 10.2 Å². The molecular weight excluding hydrogens is 366 g/mol. The average molecular weight is 383 g/mol. The van der Waals surface area contributed by atoms with Crippen molar-refractivity contribution in [3.05, 3.63) is 57.0 Å². The summed E-state index contributed by atoms with van der Waals surface area (Å²) in [4.78, 5) is 12.2. The molecule has 0 aliphatic rings. The fraction of sp³-hybridized carbons (Fsp3) is 0.235. The molecule has 2 aromatic rings. The fourth-order valence-corrected chi connectivity index (χ4v) is 2.32. The van der Waals surface area contributed by atoms with Gasteiger partial charge in [-0.05, 0) is 72.1 Å². The maximum atomic E-state index is 12.2. The Hall–Kier alpha value is -1.52. The molecule has 0 fully saturated rings. The Morgan fingerprint density at radius 2 is 1.95 bits per heavy atom. The predicted molar refractivity (Wildman–Crippen MR) is 93.8 cm³/mol. The van der Waals surface area contributed by atoms with Gasteiger partial charge < -0.3 is 10.1 Å². The number of carbonyl (C=O) groups is 1. The predicted octanol–water partition coefficient (Wildman–Crippen LogP) is 5.13. The van der Waals surface area contributed by atoms with Gasteiger partial charge in [0.2, 0.25) is 0 Å². The van der Waals surface area contributed by atoms with Gasteiger partial charge in [-0.2, -0.15) is 0 Å². The van der Waals surface area contributed by atoms with E-state index >= 15 is 0 Å². The standard InChI is InChI=1S/C17H17BrClNO2/c1-10-4-5-11(2)16(8-10)22-12(3)17(21)20-13-6-7-14(18)15(19)9-13/h4-9,12H,1-3H3,(H,20,21)/t12-/m1/s1. The Kier molecular flexibility index (Phi) is 5.48. The van der Waals surface area contributed by atoms with E-state index in [1.54, 1.807) is 25.1 Å². The van der Waals surface area contributed by atoms with E-state index in [-0.39, 0.29) is 5.91 Å². The Labute approximate surface area is 143 Å². The van der Waals surface area contributed by atoms with Gasteiger partial charge in [0.25, 0.3) is 5.91 Å². The van der Waals surface area contributed by atoms with E-state index in [9.17, 15) is 4.79 Å². The summed E-state index contributed by atoms with van der Waals surface area (Å²) >= 11 is 9.33. The van der Waals surface area contributed by atoms with Gasteiger partial charge in [-0.1, -0.05) is 23.7 Å². The number of ether oxygens (including phenoxy) is 1. The molecule has 3 nitrogen and oxygen atoms in total. The van der Waals surface area contributed by atoms with Crippen LogP contribution in [0.4, 0.5) is 5.69 Å². The van der Waals surface area contributed by atoms with Crippen LogP contribution in [-0.4, -0.2) is 12.0 Å². The molecule has 1 atom stereocenters. The third-order valence-electron chi connectivity index (χ3n) is 3.20. The van der Waals surface area contributed by atoms with E-state index < -0.39 is 6.10 Å². The first-order chi connectivity index (χ1) is 10.4. The van der Waals surface area contributed by atoms with Crippen LogP contribution in [0, 0.1) is 13.8 Å². The van der Waals surface area contributed by atoms with Crippen LogP contribution in [0.5, 0.6) is 5.75 Å². The van der Waals surface area contributed by atoms with Crippen molar-refractivity contribution in [2.45, 2.75) is 26.9 Å². The summed E-state index contributed by atoms with van der Waals surface area (Å²) in [6.45, 7) is 5.66. The van der Waals surface area contributed by atoms with Crippen LogP contribution in [0.2, 0.25) is 5.02 Å². The zero-order chi connectivity index (χ0) is 16.3. The number of anilines is 1. The zero-order valence-corrected chi connectivity index (χ0v) is 15.0. The van der Waals surface area contributed by atoms with Gasteiger partial charge in [0.15, 0.2) is 6.10 Å². The Morgan fingerprint density at radius 3 is 2.64 bits per heavy atom. The van der Waals surface area contributed by atoms with Gasteiger partial charge in [0.05, 0.1) is 5.02 Å². The third-order valence-corrected chi connectivity index (χ3v) is 4.44. The van der Waals surface area contributed by atoms with E-state index in [2.05, 4.69) is 21.2 Å². The number of aryl methyl sites for hydroxylation is 2. The average Bonchev–Trinajstić information content (AvgIpc) is 2.46. The SMILES string of the molecule is Cc1ccc(C)c(O[C@H](C)C(=O)Nc2ccc(Br)c(Cl)c2)c1. The third kappa shape index (κ3) is 4.24. The van der Waals surface area contributed by atoms with Crippen molar-refractivity contribution in [2.24, 2.45) is 0 Å². The number of hydrogen-bond acceptors (Lipinski definition) is 2. The maximum absolute atomic E-state index is 12.2. The molecule has 0 saturated heterocycles. The van der Waals surface area contributed by atoms with Crippen LogP contribution in [0.25, 0.3) is 0 Å². The van der Waals surface area contributed by atoms with Crippen molar-refractivity contribution < 1.29 is 9.53 Å². The van der Waals surface area contributed by atoms with Crippen molar-refractivity contribution in [3.63, 3.8) is 0 Å². The molecule has 1 amide bonds. The topological polar surface area (TPSA) is 38.3 Å². The van der Waals surface area contributed by atoms with Crippen LogP contribution in [0.3, 0.4) is 0 Å². The van der Waals surface area contributed by atoms with Gasteiger partial charge >= 0.3 is 0 Å². The highest BCUT2D eigenvalue weighted by atomic mass is 79.9. The second-order valence-corrected chi connectivity index (χ2v) is 6.41. The molecule has 1 N–H and O–H groups in total. The molecule has 0 aliphatic heterocycles. The minimum atomic E-state index is -0.608. The summed E-state index contributed by atoms with van der Waals surface area (Å²) in [5.74, 6) is 0.496. The molecular formula is C17H17BrClNO2. The first-order valence-electron chi connectivity index (χ1n) is 6.86. The number of halogens is 2. The largest absolute Gasteiger partial charge is 0.481 e. The minimum absolute atomic E-state index is 0.223. The Bertz CT molecular complexity index is 703. The van der Waals surface area contributed by atoms with Crippen LogP contribution in [0.15, 0.2) is 40.9 Å². The normalized spacial score (nSPS) is 11.9. The number of carbonyl (C=O) groups excluding carboxylic acids is 1. The lowest BCUT2D eigenvalue weighted by Crippen LogP contribution is -2.30. The van der Waals surface area contributed by atoms with E-state index in [0.717, 1.165) is 21.3 Å². The van der Waals surface area contributed by atoms with Crippen molar-refractivity contribution in [1.82, 2.24) is 0 Å². The second-order valence-electron chi connectivity index (χ2n) is 5.15. The van der Waals surface area contributed by atoms with Crippen LogP contribution in [-0.2, 0) is 4.79 Å². The number of amides is 1. The lowest BCUT2D eigenvalue weighted by molar-refractivity contribution is -0.122. The summed E-state index contributed by atoms with van der Waals surface area (Å²) in [7, 11) is 0. The summed E-state index contributed by atoms with van der Waals surface area (Å²) in [6, 6.07) is 11.2. The van der Waals surface area contributed by atoms with Crippen LogP contribution >= 0.6 is 27.5 Å². The molecule has 0 aliphatic carbocycles. The van der Waals surface area contributed by atoms with Gasteiger partial charge in [0.1, 0.15) is 5.75 Å². The molecule has 0 aromatic heterocycles.